The van der Waals surface area contributed by atoms with Crippen LogP contribution in [-0.2, 0) is 0 Å². The summed E-state index contributed by atoms with van der Waals surface area (Å²) < 4.78 is 1.76. The molecule has 3 aromatic rings. The summed E-state index contributed by atoms with van der Waals surface area (Å²) in [7, 11) is 0. The van der Waals surface area contributed by atoms with E-state index in [-0.39, 0.29) is 5.78 Å². The van der Waals surface area contributed by atoms with Crippen molar-refractivity contribution in [3.05, 3.63) is 47.4 Å². The summed E-state index contributed by atoms with van der Waals surface area (Å²) in [5.74, 6) is -0.0799. The van der Waals surface area contributed by atoms with Crippen LogP contribution in [-0.4, -0.2) is 25.5 Å². The van der Waals surface area contributed by atoms with Crippen LogP contribution in [0.4, 0.5) is 0 Å². The van der Waals surface area contributed by atoms with E-state index in [0.717, 1.165) is 11.4 Å². The van der Waals surface area contributed by atoms with Gasteiger partial charge in [0.2, 0.25) is 0 Å². The fourth-order valence-corrected chi connectivity index (χ4v) is 2.23. The molecule has 0 saturated heterocycles. The average Bonchev–Trinajstić information content (AvgIpc) is 2.75. The van der Waals surface area contributed by atoms with E-state index < -0.39 is 0 Å². The van der Waals surface area contributed by atoms with Crippen molar-refractivity contribution in [1.29, 1.82) is 0 Å². The van der Waals surface area contributed by atoms with Crippen LogP contribution < -0.4 is 0 Å². The smallest absolute Gasteiger partial charge is 0.182 e. The lowest BCUT2D eigenvalue weighted by Crippen LogP contribution is -2.05. The van der Waals surface area contributed by atoms with Crippen molar-refractivity contribution in [3.63, 3.8) is 0 Å². The van der Waals surface area contributed by atoms with Gasteiger partial charge in [-0.1, -0.05) is 18.2 Å². The van der Waals surface area contributed by atoms with Crippen LogP contribution in [0.2, 0.25) is 0 Å². The molecule has 0 aliphatic carbocycles. The molecule has 0 aliphatic heterocycles. The molecule has 0 aliphatic rings. The molecule has 0 amide bonds. The monoisotopic (exact) mass is 266 g/mol. The van der Waals surface area contributed by atoms with Crippen LogP contribution in [0.1, 0.15) is 28.8 Å². The zero-order chi connectivity index (χ0) is 14.3. The van der Waals surface area contributed by atoms with Gasteiger partial charge in [-0.15, -0.1) is 0 Å². The molecule has 5 nitrogen and oxygen atoms in total. The number of fused-ring (bicyclic) bond motifs is 1. The summed E-state index contributed by atoms with van der Waals surface area (Å²) in [6, 6.07) is 9.77. The molecular formula is C15H14N4O. The third-order valence-electron chi connectivity index (χ3n) is 3.18. The lowest BCUT2D eigenvalue weighted by Gasteiger charge is -2.04. The molecule has 20 heavy (non-hydrogen) atoms. The van der Waals surface area contributed by atoms with E-state index in [0.29, 0.717) is 22.6 Å². The van der Waals surface area contributed by atoms with Gasteiger partial charge in [-0.2, -0.15) is 5.10 Å². The maximum Gasteiger partial charge on any atom is 0.182 e. The second kappa shape index (κ2) is 4.52. The highest BCUT2D eigenvalue weighted by atomic mass is 16.1. The van der Waals surface area contributed by atoms with Gasteiger partial charge in [0.1, 0.15) is 11.2 Å². The van der Waals surface area contributed by atoms with E-state index in [4.69, 9.17) is 0 Å². The molecule has 0 N–H and O–H groups in total. The fraction of sp³-hybridized carbons (Fsp3) is 0.200. The zero-order valence-electron chi connectivity index (χ0n) is 11.6. The molecule has 3 rings (SSSR count). The SMILES string of the molecule is CC(=O)c1nc2c(C)nn(-c3ccccc3)c2nc1C. The van der Waals surface area contributed by atoms with Crippen molar-refractivity contribution in [2.75, 3.05) is 0 Å². The molecule has 0 atom stereocenters. The minimum atomic E-state index is -0.0799. The lowest BCUT2D eigenvalue weighted by molar-refractivity contribution is 0.101. The fourth-order valence-electron chi connectivity index (χ4n) is 2.23. The van der Waals surface area contributed by atoms with Gasteiger partial charge in [0.25, 0.3) is 0 Å². The number of ketones is 1. The number of rotatable bonds is 2. The largest absolute Gasteiger partial charge is 0.293 e. The van der Waals surface area contributed by atoms with Crippen LogP contribution in [0.3, 0.4) is 0 Å². The maximum atomic E-state index is 11.6. The van der Waals surface area contributed by atoms with Gasteiger partial charge in [0.15, 0.2) is 11.4 Å². The van der Waals surface area contributed by atoms with Crippen LogP contribution in [0.5, 0.6) is 0 Å². The van der Waals surface area contributed by atoms with Crippen molar-refractivity contribution in [3.8, 4) is 5.69 Å². The van der Waals surface area contributed by atoms with E-state index in [9.17, 15) is 4.79 Å². The van der Waals surface area contributed by atoms with Crippen molar-refractivity contribution in [1.82, 2.24) is 19.7 Å². The Balaban J connectivity index is 2.32. The van der Waals surface area contributed by atoms with Gasteiger partial charge < -0.3 is 0 Å². The minimum absolute atomic E-state index is 0.0799. The average molecular weight is 266 g/mol. The van der Waals surface area contributed by atoms with Crippen LogP contribution in [0, 0.1) is 13.8 Å². The van der Waals surface area contributed by atoms with Gasteiger partial charge in [-0.05, 0) is 26.0 Å². The normalized spacial score (nSPS) is 10.9. The summed E-state index contributed by atoms with van der Waals surface area (Å²) in [6.07, 6.45) is 0. The number of aryl methyl sites for hydroxylation is 2. The number of Topliss-reactive ketones (excluding diaryl/α,β-unsaturated/α-hetero) is 1. The molecule has 0 fully saturated rings. The zero-order valence-corrected chi connectivity index (χ0v) is 11.6. The minimum Gasteiger partial charge on any atom is -0.293 e. The number of aromatic nitrogens is 4. The Hall–Kier alpha value is -2.56. The predicted octanol–water partition coefficient (Wildman–Crippen LogP) is 2.63. The third-order valence-corrected chi connectivity index (χ3v) is 3.18. The molecule has 2 aromatic heterocycles. The number of hydrogen-bond donors (Lipinski definition) is 0. The number of para-hydroxylation sites is 1. The summed E-state index contributed by atoms with van der Waals surface area (Å²) in [5.41, 5.74) is 4.07. The first-order valence-electron chi connectivity index (χ1n) is 6.38. The molecule has 5 heteroatoms. The van der Waals surface area contributed by atoms with Gasteiger partial charge >= 0.3 is 0 Å². The number of carbonyl (C=O) groups is 1. The first-order valence-corrected chi connectivity index (χ1v) is 6.38. The van der Waals surface area contributed by atoms with Crippen molar-refractivity contribution in [2.45, 2.75) is 20.8 Å². The molecule has 0 spiro atoms. The Morgan fingerprint density at radius 1 is 1.05 bits per heavy atom. The van der Waals surface area contributed by atoms with E-state index in [2.05, 4.69) is 15.1 Å². The molecule has 0 bridgehead atoms. The molecule has 0 unspecified atom stereocenters. The second-order valence-electron chi connectivity index (χ2n) is 4.72. The quantitative estimate of drug-likeness (QED) is 0.669. The topological polar surface area (TPSA) is 60.7 Å². The van der Waals surface area contributed by atoms with Gasteiger partial charge in [0, 0.05) is 6.92 Å². The Kier molecular flexibility index (Phi) is 2.82. The molecule has 0 radical (unpaired) electrons. The van der Waals surface area contributed by atoms with Gasteiger partial charge in [0.05, 0.1) is 17.1 Å². The maximum absolute atomic E-state index is 11.6. The Labute approximate surface area is 116 Å². The first kappa shape index (κ1) is 12.5. The number of carbonyl (C=O) groups excluding carboxylic acids is 1. The highest BCUT2D eigenvalue weighted by Gasteiger charge is 2.16. The van der Waals surface area contributed by atoms with Gasteiger partial charge in [-0.3, -0.25) is 4.79 Å². The van der Waals surface area contributed by atoms with Crippen molar-refractivity contribution >= 4 is 16.9 Å². The Morgan fingerprint density at radius 3 is 2.40 bits per heavy atom. The number of benzene rings is 1. The van der Waals surface area contributed by atoms with E-state index >= 15 is 0 Å². The van der Waals surface area contributed by atoms with Crippen molar-refractivity contribution < 1.29 is 4.79 Å². The molecule has 2 heterocycles. The van der Waals surface area contributed by atoms with Crippen LogP contribution >= 0.6 is 0 Å². The summed E-state index contributed by atoms with van der Waals surface area (Å²) in [5, 5.41) is 4.48. The van der Waals surface area contributed by atoms with Crippen LogP contribution in [0.25, 0.3) is 16.9 Å². The highest BCUT2D eigenvalue weighted by Crippen LogP contribution is 2.20. The summed E-state index contributed by atoms with van der Waals surface area (Å²) >= 11 is 0. The second-order valence-corrected chi connectivity index (χ2v) is 4.72. The van der Waals surface area contributed by atoms with E-state index in [1.165, 1.54) is 6.92 Å². The molecular weight excluding hydrogens is 252 g/mol. The number of nitrogens with zero attached hydrogens (tertiary/aromatic N) is 4. The highest BCUT2D eigenvalue weighted by molar-refractivity contribution is 5.95. The molecule has 0 saturated carbocycles. The van der Waals surface area contributed by atoms with E-state index in [1.54, 1.807) is 11.6 Å². The Morgan fingerprint density at radius 2 is 1.75 bits per heavy atom. The molecule has 100 valence electrons. The first-order chi connectivity index (χ1) is 9.58. The lowest BCUT2D eigenvalue weighted by atomic mass is 10.2. The van der Waals surface area contributed by atoms with E-state index in [1.807, 2.05) is 37.3 Å². The van der Waals surface area contributed by atoms with Gasteiger partial charge in [-0.25, -0.2) is 14.6 Å². The predicted molar refractivity (Wildman–Crippen MR) is 76.1 cm³/mol. The Bertz CT molecular complexity index is 806. The van der Waals surface area contributed by atoms with Crippen molar-refractivity contribution in [2.24, 2.45) is 0 Å². The van der Waals surface area contributed by atoms with Crippen LogP contribution in [0.15, 0.2) is 30.3 Å². The number of hydrogen-bond acceptors (Lipinski definition) is 4. The molecule has 1 aromatic carbocycles. The third kappa shape index (κ3) is 1.87. The standard InChI is InChI=1S/C15H14N4O/c1-9-13(11(3)20)17-14-10(2)18-19(15(14)16-9)12-7-5-4-6-8-12/h4-8H,1-3H3. The summed E-state index contributed by atoms with van der Waals surface area (Å²) in [4.78, 5) is 20.5. The summed E-state index contributed by atoms with van der Waals surface area (Å²) in [6.45, 7) is 5.16.